The molecule has 18 heavy (non-hydrogen) atoms. The fourth-order valence-corrected chi connectivity index (χ4v) is 2.82. The van der Waals surface area contributed by atoms with Gasteiger partial charge in [0.15, 0.2) is 6.17 Å². The molecule has 1 aliphatic carbocycles. The number of esters is 1. The first kappa shape index (κ1) is 13.3. The fourth-order valence-electron chi connectivity index (χ4n) is 2.82. The number of oxime groups is 1. The third-order valence-electron chi connectivity index (χ3n) is 3.68. The molecule has 2 aliphatic rings. The van der Waals surface area contributed by atoms with Crippen molar-refractivity contribution in [3.05, 3.63) is 0 Å². The number of nitrogens with zero attached hydrogens (tertiary/aromatic N) is 1. The summed E-state index contributed by atoms with van der Waals surface area (Å²) in [5, 5.41) is 3.99. The van der Waals surface area contributed by atoms with E-state index in [-0.39, 0.29) is 17.9 Å². The predicted octanol–water partition coefficient (Wildman–Crippen LogP) is 2.47. The monoisotopic (exact) mass is 257 g/mol. The normalized spacial score (nSPS) is 34.8. The first-order chi connectivity index (χ1) is 8.34. The summed E-state index contributed by atoms with van der Waals surface area (Å²) >= 11 is 0. The molecule has 2 rings (SSSR count). The van der Waals surface area contributed by atoms with Gasteiger partial charge in [-0.3, -0.25) is 0 Å². The van der Waals surface area contributed by atoms with Crippen molar-refractivity contribution < 1.29 is 18.8 Å². The number of carbonyl (C=O) groups excluding carboxylic acids is 1. The van der Waals surface area contributed by atoms with Crippen molar-refractivity contribution in [1.29, 1.82) is 0 Å². The molecule has 0 spiro atoms. The van der Waals surface area contributed by atoms with Gasteiger partial charge in [0.1, 0.15) is 0 Å². The third-order valence-corrected chi connectivity index (χ3v) is 3.68. The number of carbonyl (C=O) groups is 1. The van der Waals surface area contributed by atoms with Crippen molar-refractivity contribution in [2.75, 3.05) is 6.61 Å². The van der Waals surface area contributed by atoms with Crippen LogP contribution in [0.4, 0.5) is 4.39 Å². The largest absolute Gasteiger partial charge is 0.463 e. The molecule has 4 nitrogen and oxygen atoms in total. The number of alkyl halides is 1. The molecule has 0 N–H and O–H groups in total. The van der Waals surface area contributed by atoms with Crippen molar-refractivity contribution in [1.82, 2.24) is 0 Å². The van der Waals surface area contributed by atoms with Crippen LogP contribution in [-0.4, -0.2) is 30.1 Å². The number of rotatable bonds is 2. The summed E-state index contributed by atoms with van der Waals surface area (Å²) < 4.78 is 19.2. The van der Waals surface area contributed by atoms with Crippen LogP contribution >= 0.6 is 0 Å². The summed E-state index contributed by atoms with van der Waals surface area (Å²) in [5.74, 6) is -0.922. The number of fused-ring (bicyclic) bond motifs is 1. The molecule has 3 unspecified atom stereocenters. The molecule has 0 aromatic rings. The Labute approximate surface area is 107 Å². The summed E-state index contributed by atoms with van der Waals surface area (Å²) in [5.41, 5.74) is -1.00. The summed E-state index contributed by atoms with van der Waals surface area (Å²) in [6.07, 6.45) is -0.445. The number of hydrogen-bond acceptors (Lipinski definition) is 4. The molecule has 1 saturated carbocycles. The van der Waals surface area contributed by atoms with Crippen LogP contribution in [0.3, 0.4) is 0 Å². The number of ether oxygens (including phenoxy) is 1. The van der Waals surface area contributed by atoms with Gasteiger partial charge in [0.25, 0.3) is 5.60 Å². The maximum Gasteiger partial charge on any atom is 0.357 e. The van der Waals surface area contributed by atoms with Crippen LogP contribution in [0.2, 0.25) is 0 Å². The second-order valence-corrected chi connectivity index (χ2v) is 5.93. The maximum atomic E-state index is 14.2. The first-order valence-corrected chi connectivity index (χ1v) is 6.42. The van der Waals surface area contributed by atoms with Crippen molar-refractivity contribution >= 4 is 11.7 Å². The van der Waals surface area contributed by atoms with Gasteiger partial charge >= 0.3 is 5.97 Å². The second-order valence-electron chi connectivity index (χ2n) is 5.93. The van der Waals surface area contributed by atoms with Gasteiger partial charge < -0.3 is 9.57 Å². The molecule has 3 atom stereocenters. The minimum atomic E-state index is -1.53. The van der Waals surface area contributed by atoms with Gasteiger partial charge in [-0.2, -0.15) is 0 Å². The Bertz CT molecular complexity index is 388. The average Bonchev–Trinajstić information content (AvgIpc) is 2.77. The highest BCUT2D eigenvalue weighted by Gasteiger charge is 2.66. The lowest BCUT2D eigenvalue weighted by molar-refractivity contribution is -0.178. The molecule has 1 aliphatic heterocycles. The third kappa shape index (κ3) is 1.71. The average molecular weight is 257 g/mol. The van der Waals surface area contributed by atoms with Gasteiger partial charge in [0.2, 0.25) is 0 Å². The van der Waals surface area contributed by atoms with E-state index in [0.29, 0.717) is 12.8 Å². The van der Waals surface area contributed by atoms with Gasteiger partial charge in [-0.25, -0.2) is 9.18 Å². The topological polar surface area (TPSA) is 47.9 Å². The van der Waals surface area contributed by atoms with Gasteiger partial charge in [0, 0.05) is 5.41 Å². The van der Waals surface area contributed by atoms with Crippen LogP contribution in [0.5, 0.6) is 0 Å². The smallest absolute Gasteiger partial charge is 0.357 e. The summed E-state index contributed by atoms with van der Waals surface area (Å²) in [7, 11) is 0. The quantitative estimate of drug-likeness (QED) is 0.714. The van der Waals surface area contributed by atoms with E-state index in [2.05, 4.69) is 5.16 Å². The minimum absolute atomic E-state index is 0.217. The lowest BCUT2D eigenvalue weighted by Crippen LogP contribution is -2.51. The number of hydrogen-bond donors (Lipinski definition) is 0. The predicted molar refractivity (Wildman–Crippen MR) is 65.0 cm³/mol. The zero-order chi connectivity index (χ0) is 13.6. The summed E-state index contributed by atoms with van der Waals surface area (Å²) in [6, 6.07) is 0. The second kappa shape index (κ2) is 4.21. The van der Waals surface area contributed by atoms with Crippen LogP contribution in [-0.2, 0) is 14.4 Å². The van der Waals surface area contributed by atoms with Gasteiger partial charge in [-0.15, -0.1) is 0 Å². The van der Waals surface area contributed by atoms with Crippen molar-refractivity contribution in [3.8, 4) is 0 Å². The molecule has 0 bridgehead atoms. The van der Waals surface area contributed by atoms with Gasteiger partial charge in [-0.05, 0) is 19.8 Å². The molecule has 0 saturated heterocycles. The van der Waals surface area contributed by atoms with E-state index < -0.39 is 17.7 Å². The Kier molecular flexibility index (Phi) is 3.11. The Balaban J connectivity index is 2.33. The van der Waals surface area contributed by atoms with Gasteiger partial charge in [-0.1, -0.05) is 25.9 Å². The Morgan fingerprint density at radius 1 is 1.56 bits per heavy atom. The molecular formula is C13H20FNO3. The zero-order valence-corrected chi connectivity index (χ0v) is 11.3. The van der Waals surface area contributed by atoms with Crippen LogP contribution < -0.4 is 0 Å². The lowest BCUT2D eigenvalue weighted by Gasteiger charge is -2.28. The van der Waals surface area contributed by atoms with E-state index in [0.717, 1.165) is 5.71 Å². The van der Waals surface area contributed by atoms with E-state index >= 15 is 0 Å². The molecule has 1 fully saturated rings. The van der Waals surface area contributed by atoms with Crippen LogP contribution in [0.15, 0.2) is 5.16 Å². The highest BCUT2D eigenvalue weighted by molar-refractivity contribution is 5.99. The van der Waals surface area contributed by atoms with Crippen LogP contribution in [0.25, 0.3) is 0 Å². The summed E-state index contributed by atoms with van der Waals surface area (Å²) in [4.78, 5) is 17.3. The zero-order valence-electron chi connectivity index (χ0n) is 11.3. The van der Waals surface area contributed by atoms with Crippen LogP contribution in [0.1, 0.15) is 40.5 Å². The van der Waals surface area contributed by atoms with E-state index in [4.69, 9.17) is 9.57 Å². The molecule has 0 amide bonds. The van der Waals surface area contributed by atoms with E-state index in [1.807, 2.05) is 20.8 Å². The molecule has 0 radical (unpaired) electrons. The molecule has 5 heteroatoms. The maximum absolute atomic E-state index is 14.2. The fraction of sp³-hybridized carbons (Fsp3) is 0.846. The highest BCUT2D eigenvalue weighted by atomic mass is 19.1. The number of halogens is 1. The van der Waals surface area contributed by atoms with Crippen molar-refractivity contribution in [2.24, 2.45) is 16.5 Å². The Morgan fingerprint density at radius 3 is 2.78 bits per heavy atom. The van der Waals surface area contributed by atoms with E-state index in [1.54, 1.807) is 6.92 Å². The standard InChI is InChI=1S/C13H20FNO3/c1-5-17-11(16)13-8(6-7-9(13)14)10(15-18-13)12(2,3)4/h8-9H,5-7H2,1-4H3. The first-order valence-electron chi connectivity index (χ1n) is 6.42. The molecule has 0 aromatic carbocycles. The molecule has 102 valence electrons. The lowest BCUT2D eigenvalue weighted by atomic mass is 9.76. The van der Waals surface area contributed by atoms with Gasteiger partial charge in [0.05, 0.1) is 18.2 Å². The molecular weight excluding hydrogens is 237 g/mol. The molecule has 0 aromatic heterocycles. The minimum Gasteiger partial charge on any atom is -0.463 e. The highest BCUT2D eigenvalue weighted by Crippen LogP contribution is 2.49. The SMILES string of the molecule is CCOC(=O)C12ON=C(C(C)(C)C)C1CCC2F. The van der Waals surface area contributed by atoms with E-state index in [1.165, 1.54) is 0 Å². The molecule has 1 heterocycles. The van der Waals surface area contributed by atoms with Crippen molar-refractivity contribution in [2.45, 2.75) is 52.3 Å². The van der Waals surface area contributed by atoms with Crippen molar-refractivity contribution in [3.63, 3.8) is 0 Å². The Hall–Kier alpha value is -1.13. The summed E-state index contributed by atoms with van der Waals surface area (Å²) in [6.45, 7) is 7.88. The van der Waals surface area contributed by atoms with Crippen LogP contribution in [0, 0.1) is 11.3 Å². The van der Waals surface area contributed by atoms with E-state index in [9.17, 15) is 9.18 Å². The Morgan fingerprint density at radius 2 is 2.22 bits per heavy atom.